The van der Waals surface area contributed by atoms with Gasteiger partial charge >= 0.3 is 0 Å². The van der Waals surface area contributed by atoms with Gasteiger partial charge in [-0.25, -0.2) is 9.97 Å². The molecule has 0 bridgehead atoms. The maximum absolute atomic E-state index is 11.1. The van der Waals surface area contributed by atoms with Crippen molar-refractivity contribution in [3.8, 4) is 0 Å². The number of carbonyl (C=O) groups excluding carboxylic acids is 1. The predicted molar refractivity (Wildman–Crippen MR) is 95.7 cm³/mol. The second-order valence-electron chi connectivity index (χ2n) is 5.87. The van der Waals surface area contributed by atoms with Crippen molar-refractivity contribution in [2.45, 2.75) is 6.42 Å². The average Bonchev–Trinajstić information content (AvgIpc) is 3.02. The van der Waals surface area contributed by atoms with Gasteiger partial charge in [0.15, 0.2) is 0 Å². The highest BCUT2D eigenvalue weighted by atomic mass is 35.5. The summed E-state index contributed by atoms with van der Waals surface area (Å²) in [5.41, 5.74) is 3.36. The van der Waals surface area contributed by atoms with E-state index in [4.69, 9.17) is 11.6 Å². The summed E-state index contributed by atoms with van der Waals surface area (Å²) in [4.78, 5) is 21.9. The van der Waals surface area contributed by atoms with E-state index >= 15 is 0 Å². The van der Waals surface area contributed by atoms with Crippen LogP contribution in [0.15, 0.2) is 49.3 Å². The minimum Gasteiger partial charge on any atom is -0.545 e. The summed E-state index contributed by atoms with van der Waals surface area (Å²) in [6.07, 6.45) is 2.40. The van der Waals surface area contributed by atoms with Crippen molar-refractivity contribution in [1.29, 1.82) is 0 Å². The lowest BCUT2D eigenvalue weighted by molar-refractivity contribution is -0.295. The van der Waals surface area contributed by atoms with E-state index in [-0.39, 0.29) is 5.57 Å². The van der Waals surface area contributed by atoms with E-state index in [0.29, 0.717) is 10.6 Å². The third-order valence-electron chi connectivity index (χ3n) is 4.41. The first-order valence-electron chi connectivity index (χ1n) is 7.76. The van der Waals surface area contributed by atoms with Gasteiger partial charge in [-0.05, 0) is 47.4 Å². The first-order chi connectivity index (χ1) is 12.0. The third-order valence-corrected chi connectivity index (χ3v) is 4.64. The van der Waals surface area contributed by atoms with Crippen molar-refractivity contribution in [2.24, 2.45) is 0 Å². The molecule has 1 aromatic heterocycles. The van der Waals surface area contributed by atoms with Crippen LogP contribution in [0.2, 0.25) is 5.02 Å². The monoisotopic (exact) mass is 350 g/mol. The van der Waals surface area contributed by atoms with Crippen LogP contribution in [-0.4, -0.2) is 22.5 Å². The van der Waals surface area contributed by atoms with E-state index in [0.717, 1.165) is 35.4 Å². The van der Waals surface area contributed by atoms with Gasteiger partial charge in [0.2, 0.25) is 0 Å². The minimum absolute atomic E-state index is 0.0680. The molecule has 0 spiro atoms. The van der Waals surface area contributed by atoms with Crippen molar-refractivity contribution in [3.05, 3.63) is 65.5 Å². The lowest BCUT2D eigenvalue weighted by Crippen LogP contribution is -2.23. The van der Waals surface area contributed by atoms with Gasteiger partial charge in [-0.2, -0.15) is 0 Å². The number of hydrogen-bond acceptors (Lipinski definition) is 5. The molecule has 0 aliphatic carbocycles. The Morgan fingerprint density at radius 3 is 2.84 bits per heavy atom. The molecule has 25 heavy (non-hydrogen) atoms. The van der Waals surface area contributed by atoms with Gasteiger partial charge in [0, 0.05) is 22.6 Å². The molecule has 0 atom stereocenters. The van der Waals surface area contributed by atoms with Crippen LogP contribution in [0.25, 0.3) is 16.5 Å². The lowest BCUT2D eigenvalue weighted by atomic mass is 10.0. The molecular formula is C19H13ClN3O2-. The van der Waals surface area contributed by atoms with Gasteiger partial charge in [-0.3, -0.25) is 0 Å². The number of benzene rings is 2. The van der Waals surface area contributed by atoms with E-state index in [9.17, 15) is 9.90 Å². The molecule has 0 unspecified atom stereocenters. The molecule has 2 aromatic carbocycles. The molecule has 0 amide bonds. The third kappa shape index (κ3) is 2.62. The standard InChI is InChI=1S/C19H14ClN3O2/c1-11(19(24)25)13-3-5-16-15(8-13)18(22-10-21-16)23-7-6-12-2-4-14(20)9-17(12)23/h2-5,8-10H,1,6-7H2,(H,24,25)/p-1. The van der Waals surface area contributed by atoms with Crippen LogP contribution in [-0.2, 0) is 11.2 Å². The molecule has 0 saturated carbocycles. The first kappa shape index (κ1) is 15.6. The van der Waals surface area contributed by atoms with Crippen molar-refractivity contribution in [3.63, 3.8) is 0 Å². The molecule has 4 rings (SSSR count). The Bertz CT molecular complexity index is 1030. The molecule has 1 aliphatic rings. The van der Waals surface area contributed by atoms with E-state index in [1.807, 2.05) is 18.2 Å². The molecule has 1 aliphatic heterocycles. The molecule has 3 aromatic rings. The zero-order valence-corrected chi connectivity index (χ0v) is 14.0. The number of carbonyl (C=O) groups is 1. The van der Waals surface area contributed by atoms with Crippen molar-refractivity contribution in [2.75, 3.05) is 11.4 Å². The van der Waals surface area contributed by atoms with Crippen LogP contribution in [0.5, 0.6) is 0 Å². The maximum atomic E-state index is 11.1. The molecule has 2 heterocycles. The zero-order valence-electron chi connectivity index (χ0n) is 13.2. The second-order valence-corrected chi connectivity index (χ2v) is 6.31. The van der Waals surface area contributed by atoms with Gasteiger partial charge in [0.25, 0.3) is 0 Å². The van der Waals surface area contributed by atoms with Crippen LogP contribution in [0, 0.1) is 0 Å². The van der Waals surface area contributed by atoms with Crippen LogP contribution in [0.4, 0.5) is 11.5 Å². The number of hydrogen-bond donors (Lipinski definition) is 0. The normalized spacial score (nSPS) is 13.1. The smallest absolute Gasteiger partial charge is 0.144 e. The number of rotatable bonds is 3. The van der Waals surface area contributed by atoms with Crippen LogP contribution >= 0.6 is 11.6 Å². The Morgan fingerprint density at radius 1 is 1.20 bits per heavy atom. The number of aliphatic carboxylic acids is 1. The fraction of sp³-hybridized carbons (Fsp3) is 0.105. The molecule has 0 N–H and O–H groups in total. The number of aromatic nitrogens is 2. The Labute approximate surface area is 149 Å². The van der Waals surface area contributed by atoms with E-state index in [1.165, 1.54) is 11.9 Å². The number of carboxylic acids is 1. The number of carboxylic acid groups (broad SMARTS) is 1. The van der Waals surface area contributed by atoms with Crippen molar-refractivity contribution in [1.82, 2.24) is 9.97 Å². The van der Waals surface area contributed by atoms with Crippen molar-refractivity contribution < 1.29 is 9.90 Å². The fourth-order valence-corrected chi connectivity index (χ4v) is 3.30. The lowest BCUT2D eigenvalue weighted by Gasteiger charge is -2.20. The SMILES string of the molecule is C=C(C(=O)[O-])c1ccc2ncnc(N3CCc4ccc(Cl)cc43)c2c1. The van der Waals surface area contributed by atoms with Gasteiger partial charge in [0.05, 0.1) is 11.5 Å². The Kier molecular flexibility index (Phi) is 3.66. The fourth-order valence-electron chi connectivity index (χ4n) is 3.14. The second kappa shape index (κ2) is 5.86. The predicted octanol–water partition coefficient (Wildman–Crippen LogP) is 2.74. The summed E-state index contributed by atoms with van der Waals surface area (Å²) in [5.74, 6) is -0.574. The molecule has 124 valence electrons. The molecule has 0 fully saturated rings. The largest absolute Gasteiger partial charge is 0.545 e. The van der Waals surface area contributed by atoms with Gasteiger partial charge in [0.1, 0.15) is 12.1 Å². The Morgan fingerprint density at radius 2 is 2.04 bits per heavy atom. The summed E-state index contributed by atoms with van der Waals surface area (Å²) < 4.78 is 0. The quantitative estimate of drug-likeness (QED) is 0.679. The highest BCUT2D eigenvalue weighted by Crippen LogP contribution is 2.38. The molecular weight excluding hydrogens is 338 g/mol. The van der Waals surface area contributed by atoms with Gasteiger partial charge in [-0.1, -0.05) is 30.3 Å². The summed E-state index contributed by atoms with van der Waals surface area (Å²) in [7, 11) is 0. The highest BCUT2D eigenvalue weighted by molar-refractivity contribution is 6.31. The molecule has 6 heteroatoms. The van der Waals surface area contributed by atoms with Crippen LogP contribution in [0.1, 0.15) is 11.1 Å². The zero-order chi connectivity index (χ0) is 17.6. The minimum atomic E-state index is -1.30. The maximum Gasteiger partial charge on any atom is 0.144 e. The van der Waals surface area contributed by atoms with Gasteiger partial charge in [-0.15, -0.1) is 0 Å². The molecule has 5 nitrogen and oxygen atoms in total. The highest BCUT2D eigenvalue weighted by Gasteiger charge is 2.23. The van der Waals surface area contributed by atoms with Gasteiger partial charge < -0.3 is 14.8 Å². The molecule has 0 radical (unpaired) electrons. The van der Waals surface area contributed by atoms with E-state index < -0.39 is 5.97 Å². The number of halogens is 1. The van der Waals surface area contributed by atoms with Crippen LogP contribution in [0.3, 0.4) is 0 Å². The average molecular weight is 351 g/mol. The van der Waals surface area contributed by atoms with Crippen molar-refractivity contribution >= 4 is 45.6 Å². The summed E-state index contributed by atoms with van der Waals surface area (Å²) >= 11 is 6.15. The van der Waals surface area contributed by atoms with Crippen LogP contribution < -0.4 is 10.0 Å². The van der Waals surface area contributed by atoms with E-state index in [1.54, 1.807) is 18.2 Å². The molecule has 0 saturated heterocycles. The summed E-state index contributed by atoms with van der Waals surface area (Å²) in [6.45, 7) is 4.34. The number of anilines is 2. The number of nitrogens with zero attached hydrogens (tertiary/aromatic N) is 3. The summed E-state index contributed by atoms with van der Waals surface area (Å²) in [5, 5.41) is 12.5. The van der Waals surface area contributed by atoms with E-state index in [2.05, 4.69) is 21.4 Å². The Balaban J connectivity index is 1.89. The first-order valence-corrected chi connectivity index (χ1v) is 8.14. The summed E-state index contributed by atoms with van der Waals surface area (Å²) in [6, 6.07) is 11.0. The number of fused-ring (bicyclic) bond motifs is 2. The Hall–Kier alpha value is -2.92. The topological polar surface area (TPSA) is 69.1 Å².